The van der Waals surface area contributed by atoms with Crippen LogP contribution in [0.4, 0.5) is 0 Å². The minimum Gasteiger partial charge on any atom is -0.374 e. The Balaban J connectivity index is 1.36. The van der Waals surface area contributed by atoms with Gasteiger partial charge in [-0.1, -0.05) is 48.3 Å². The van der Waals surface area contributed by atoms with E-state index >= 15 is 0 Å². The number of benzene rings is 1. The lowest BCUT2D eigenvalue weighted by molar-refractivity contribution is -0.149. The van der Waals surface area contributed by atoms with E-state index < -0.39 is 0 Å². The molecule has 1 aliphatic carbocycles. The third-order valence-corrected chi connectivity index (χ3v) is 5.11. The number of ether oxygens (including phenoxy) is 1. The summed E-state index contributed by atoms with van der Waals surface area (Å²) in [5, 5.41) is 4.01. The number of carbonyl (C=O) groups excluding carboxylic acids is 1. The second-order valence-electron chi connectivity index (χ2n) is 6.73. The molecule has 6 nitrogen and oxygen atoms in total. The summed E-state index contributed by atoms with van der Waals surface area (Å²) in [6, 6.07) is 9.96. The van der Waals surface area contributed by atoms with Gasteiger partial charge in [0.2, 0.25) is 17.6 Å². The van der Waals surface area contributed by atoms with Crippen LogP contribution in [0.25, 0.3) is 11.4 Å². The van der Waals surface area contributed by atoms with Crippen LogP contribution >= 0.6 is 0 Å². The molecule has 0 bridgehead atoms. The molecule has 6 heteroatoms. The highest BCUT2D eigenvalue weighted by atomic mass is 16.5. The summed E-state index contributed by atoms with van der Waals surface area (Å²) in [7, 11) is 0. The molecule has 2 aliphatic rings. The molecule has 0 radical (unpaired) electrons. The topological polar surface area (TPSA) is 68.5 Å². The van der Waals surface area contributed by atoms with Gasteiger partial charge >= 0.3 is 0 Å². The van der Waals surface area contributed by atoms with E-state index in [-0.39, 0.29) is 18.1 Å². The molecule has 2 heterocycles. The zero-order chi connectivity index (χ0) is 17.1. The number of fused-ring (bicyclic) bond motifs is 1. The Morgan fingerprint density at radius 1 is 1.20 bits per heavy atom. The molecule has 1 aromatic heterocycles. The van der Waals surface area contributed by atoms with Crippen molar-refractivity contribution in [2.24, 2.45) is 0 Å². The predicted molar refractivity (Wildman–Crippen MR) is 91.8 cm³/mol. The van der Waals surface area contributed by atoms with Gasteiger partial charge in [-0.25, -0.2) is 0 Å². The molecule has 1 amide bonds. The van der Waals surface area contributed by atoms with Crippen LogP contribution in [0.1, 0.15) is 38.0 Å². The van der Waals surface area contributed by atoms with Crippen LogP contribution in [0.3, 0.4) is 0 Å². The fraction of sp³-hybridized carbons (Fsp3) is 0.526. The molecule has 25 heavy (non-hydrogen) atoms. The number of rotatable bonds is 4. The summed E-state index contributed by atoms with van der Waals surface area (Å²) < 4.78 is 11.1. The summed E-state index contributed by atoms with van der Waals surface area (Å²) in [5.74, 6) is 1.25. The highest BCUT2D eigenvalue weighted by Crippen LogP contribution is 2.29. The van der Waals surface area contributed by atoms with Gasteiger partial charge in [0.1, 0.15) is 0 Å². The lowest BCUT2D eigenvalue weighted by atomic mass is 9.90. The number of nitrogens with zero attached hydrogens (tertiary/aromatic N) is 3. The minimum atomic E-state index is 0.166. The second kappa shape index (κ2) is 7.35. The largest absolute Gasteiger partial charge is 0.374 e. The molecule has 4 rings (SSSR count). The maximum absolute atomic E-state index is 12.7. The van der Waals surface area contributed by atoms with E-state index in [0.29, 0.717) is 37.7 Å². The average molecular weight is 341 g/mol. The highest BCUT2D eigenvalue weighted by molar-refractivity contribution is 5.77. The lowest BCUT2D eigenvalue weighted by Gasteiger charge is -2.43. The van der Waals surface area contributed by atoms with Crippen molar-refractivity contribution in [1.82, 2.24) is 15.0 Å². The summed E-state index contributed by atoms with van der Waals surface area (Å²) in [4.78, 5) is 19.1. The first-order valence-corrected chi connectivity index (χ1v) is 9.10. The molecule has 1 saturated carbocycles. The number of carbonyl (C=O) groups is 1. The summed E-state index contributed by atoms with van der Waals surface area (Å²) in [5.41, 5.74) is 0.919. The monoisotopic (exact) mass is 341 g/mol. The molecule has 2 atom stereocenters. The summed E-state index contributed by atoms with van der Waals surface area (Å²) in [6.45, 7) is 1.34. The first-order chi connectivity index (χ1) is 12.3. The molecule has 0 spiro atoms. The second-order valence-corrected chi connectivity index (χ2v) is 6.73. The molecule has 2 aromatic rings. The Bertz CT molecular complexity index is 714. The molecule has 1 saturated heterocycles. The third kappa shape index (κ3) is 3.58. The molecule has 2 fully saturated rings. The normalized spacial score (nSPS) is 23.3. The lowest BCUT2D eigenvalue weighted by Crippen LogP contribution is -2.54. The maximum atomic E-state index is 12.7. The Morgan fingerprint density at radius 3 is 2.92 bits per heavy atom. The Labute approximate surface area is 147 Å². The van der Waals surface area contributed by atoms with Gasteiger partial charge in [-0.3, -0.25) is 4.79 Å². The van der Waals surface area contributed by atoms with E-state index in [1.54, 1.807) is 0 Å². The van der Waals surface area contributed by atoms with Crippen molar-refractivity contribution in [1.29, 1.82) is 0 Å². The Kier molecular flexibility index (Phi) is 4.78. The van der Waals surface area contributed by atoms with Crippen LogP contribution in [0, 0.1) is 0 Å². The van der Waals surface area contributed by atoms with Crippen LogP contribution in [0.15, 0.2) is 34.9 Å². The number of morpholine rings is 1. The summed E-state index contributed by atoms with van der Waals surface area (Å²) in [6.07, 6.45) is 5.60. The SMILES string of the molecule is O=C(CCc1nc(-c2ccccc2)no1)N1CCO[C@H]2CCCC[C@H]21. The van der Waals surface area contributed by atoms with Gasteiger partial charge in [-0.05, 0) is 12.8 Å². The van der Waals surface area contributed by atoms with Gasteiger partial charge < -0.3 is 14.2 Å². The van der Waals surface area contributed by atoms with Crippen molar-refractivity contribution in [2.75, 3.05) is 13.2 Å². The third-order valence-electron chi connectivity index (χ3n) is 5.11. The van der Waals surface area contributed by atoms with Gasteiger partial charge in [-0.15, -0.1) is 0 Å². The smallest absolute Gasteiger partial charge is 0.227 e. The highest BCUT2D eigenvalue weighted by Gasteiger charge is 2.36. The van der Waals surface area contributed by atoms with E-state index in [1.165, 1.54) is 12.8 Å². The fourth-order valence-electron chi connectivity index (χ4n) is 3.82. The molecule has 1 aromatic carbocycles. The van der Waals surface area contributed by atoms with E-state index in [1.807, 2.05) is 35.2 Å². The molecule has 1 aliphatic heterocycles. The van der Waals surface area contributed by atoms with E-state index in [2.05, 4.69) is 10.1 Å². The zero-order valence-corrected chi connectivity index (χ0v) is 14.3. The number of aromatic nitrogens is 2. The van der Waals surface area contributed by atoms with Crippen LogP contribution in [0.2, 0.25) is 0 Å². The quantitative estimate of drug-likeness (QED) is 0.855. The minimum absolute atomic E-state index is 0.166. The van der Waals surface area contributed by atoms with Gasteiger partial charge in [0.05, 0.1) is 18.8 Å². The molecule has 0 N–H and O–H groups in total. The zero-order valence-electron chi connectivity index (χ0n) is 14.3. The fourth-order valence-corrected chi connectivity index (χ4v) is 3.82. The van der Waals surface area contributed by atoms with Gasteiger partial charge in [0, 0.05) is 24.9 Å². The van der Waals surface area contributed by atoms with Gasteiger partial charge in [0.15, 0.2) is 0 Å². The van der Waals surface area contributed by atoms with Gasteiger partial charge in [-0.2, -0.15) is 4.98 Å². The molecule has 0 unspecified atom stereocenters. The van der Waals surface area contributed by atoms with Crippen molar-refractivity contribution in [3.8, 4) is 11.4 Å². The first-order valence-electron chi connectivity index (χ1n) is 9.10. The van der Waals surface area contributed by atoms with Crippen molar-refractivity contribution >= 4 is 5.91 Å². The summed E-state index contributed by atoms with van der Waals surface area (Å²) >= 11 is 0. The average Bonchev–Trinajstić information content (AvgIpc) is 3.15. The van der Waals surface area contributed by atoms with Crippen molar-refractivity contribution < 1.29 is 14.1 Å². The van der Waals surface area contributed by atoms with Crippen molar-refractivity contribution in [2.45, 2.75) is 50.7 Å². The molecular weight excluding hydrogens is 318 g/mol. The van der Waals surface area contributed by atoms with Crippen LogP contribution in [0.5, 0.6) is 0 Å². The number of amides is 1. The van der Waals surface area contributed by atoms with E-state index in [0.717, 1.165) is 18.4 Å². The first kappa shape index (κ1) is 16.3. The standard InChI is InChI=1S/C19H23N3O3/c23-18(22-12-13-24-16-9-5-4-8-15(16)22)11-10-17-20-19(21-25-17)14-6-2-1-3-7-14/h1-3,6-7,15-16H,4-5,8-13H2/t15-,16+/m1/s1. The number of hydrogen-bond donors (Lipinski definition) is 0. The number of hydrogen-bond acceptors (Lipinski definition) is 5. The molecule has 132 valence electrons. The van der Waals surface area contributed by atoms with E-state index in [9.17, 15) is 4.79 Å². The Hall–Kier alpha value is -2.21. The van der Waals surface area contributed by atoms with Crippen LogP contribution in [-0.2, 0) is 16.0 Å². The van der Waals surface area contributed by atoms with E-state index in [4.69, 9.17) is 9.26 Å². The predicted octanol–water partition coefficient (Wildman–Crippen LogP) is 2.84. The Morgan fingerprint density at radius 2 is 2.04 bits per heavy atom. The number of aryl methyl sites for hydroxylation is 1. The van der Waals surface area contributed by atoms with Crippen molar-refractivity contribution in [3.63, 3.8) is 0 Å². The van der Waals surface area contributed by atoms with Crippen LogP contribution < -0.4 is 0 Å². The maximum Gasteiger partial charge on any atom is 0.227 e. The molecular formula is C19H23N3O3. The van der Waals surface area contributed by atoms with Gasteiger partial charge in [0.25, 0.3) is 0 Å². The van der Waals surface area contributed by atoms with Crippen LogP contribution in [-0.4, -0.2) is 46.2 Å². The van der Waals surface area contributed by atoms with Crippen molar-refractivity contribution in [3.05, 3.63) is 36.2 Å².